The molecule has 0 amide bonds. The lowest BCUT2D eigenvalue weighted by molar-refractivity contribution is -0.156. The van der Waals surface area contributed by atoms with E-state index in [1.54, 1.807) is 18.2 Å². The predicted molar refractivity (Wildman–Crippen MR) is 123 cm³/mol. The molecule has 1 aliphatic rings. The van der Waals surface area contributed by atoms with Crippen LogP contribution in [0.2, 0.25) is 0 Å². The SMILES string of the molecule is CC(C)c1nc(-c2ccccc2)cc(-c2ccc(F)cc2)c1C=C[C@@H]1C[C@@H](O)CC(=O)O1. The average Bonchev–Trinajstić information content (AvgIpc) is 2.77. The highest BCUT2D eigenvalue weighted by molar-refractivity contribution is 5.81. The Morgan fingerprint density at radius 2 is 1.81 bits per heavy atom. The number of cyclic esters (lactones) is 1. The van der Waals surface area contributed by atoms with Crippen LogP contribution in [0.25, 0.3) is 28.5 Å². The summed E-state index contributed by atoms with van der Waals surface area (Å²) in [5, 5.41) is 9.93. The van der Waals surface area contributed by atoms with Crippen molar-refractivity contribution >= 4 is 12.0 Å². The number of aromatic nitrogens is 1. The standard InChI is InChI=1S/C27H26FNO3/c1-17(2)27-23(13-12-22-14-21(30)15-26(31)32-22)24(18-8-10-20(28)11-9-18)16-25(29-27)19-6-4-3-5-7-19/h3-13,16-17,21-22,30H,14-15H2,1-2H3/t21-,22-/m1/s1. The van der Waals surface area contributed by atoms with Crippen LogP contribution in [0.1, 0.15) is 43.9 Å². The first-order valence-electron chi connectivity index (χ1n) is 10.8. The quantitative estimate of drug-likeness (QED) is 0.522. The van der Waals surface area contributed by atoms with E-state index in [9.17, 15) is 14.3 Å². The molecule has 1 fully saturated rings. The van der Waals surface area contributed by atoms with Gasteiger partial charge in [-0.05, 0) is 41.3 Å². The van der Waals surface area contributed by atoms with Gasteiger partial charge in [-0.15, -0.1) is 0 Å². The van der Waals surface area contributed by atoms with Gasteiger partial charge in [-0.3, -0.25) is 9.78 Å². The van der Waals surface area contributed by atoms with Crippen LogP contribution in [0.3, 0.4) is 0 Å². The number of pyridine rings is 1. The second-order valence-electron chi connectivity index (χ2n) is 8.36. The van der Waals surface area contributed by atoms with Gasteiger partial charge in [0.1, 0.15) is 11.9 Å². The molecule has 0 saturated carbocycles. The molecule has 0 radical (unpaired) electrons. The van der Waals surface area contributed by atoms with E-state index in [2.05, 4.69) is 13.8 Å². The molecule has 5 heteroatoms. The van der Waals surface area contributed by atoms with Gasteiger partial charge in [-0.2, -0.15) is 0 Å². The van der Waals surface area contributed by atoms with Crippen molar-refractivity contribution in [1.29, 1.82) is 0 Å². The van der Waals surface area contributed by atoms with E-state index < -0.39 is 18.2 Å². The Balaban J connectivity index is 1.85. The fraction of sp³-hybridized carbons (Fsp3) is 0.259. The summed E-state index contributed by atoms with van der Waals surface area (Å²) in [6.07, 6.45) is 2.90. The molecular formula is C27H26FNO3. The summed E-state index contributed by atoms with van der Waals surface area (Å²) in [5.41, 5.74) is 5.41. The Morgan fingerprint density at radius 1 is 1.09 bits per heavy atom. The van der Waals surface area contributed by atoms with E-state index in [0.717, 1.165) is 33.6 Å². The maximum Gasteiger partial charge on any atom is 0.309 e. The highest BCUT2D eigenvalue weighted by Gasteiger charge is 2.25. The van der Waals surface area contributed by atoms with Crippen LogP contribution in [-0.2, 0) is 9.53 Å². The van der Waals surface area contributed by atoms with Gasteiger partial charge in [-0.1, -0.05) is 62.4 Å². The lowest BCUT2D eigenvalue weighted by Crippen LogP contribution is -2.31. The van der Waals surface area contributed by atoms with Crippen molar-refractivity contribution in [2.24, 2.45) is 0 Å². The smallest absolute Gasteiger partial charge is 0.309 e. The lowest BCUT2D eigenvalue weighted by atomic mass is 9.91. The summed E-state index contributed by atoms with van der Waals surface area (Å²) >= 11 is 0. The van der Waals surface area contributed by atoms with E-state index >= 15 is 0 Å². The zero-order chi connectivity index (χ0) is 22.7. The molecule has 4 nitrogen and oxygen atoms in total. The number of aliphatic hydroxyl groups is 1. The Bertz CT molecular complexity index is 1120. The van der Waals surface area contributed by atoms with Crippen molar-refractivity contribution in [2.45, 2.75) is 44.8 Å². The summed E-state index contributed by atoms with van der Waals surface area (Å²) in [6, 6.07) is 18.3. The largest absolute Gasteiger partial charge is 0.458 e. The Hall–Kier alpha value is -3.31. The number of carbonyl (C=O) groups is 1. The zero-order valence-electron chi connectivity index (χ0n) is 18.2. The molecule has 1 saturated heterocycles. The van der Waals surface area contributed by atoms with Crippen LogP contribution in [0.15, 0.2) is 66.7 Å². The molecule has 2 atom stereocenters. The number of carbonyl (C=O) groups excluding carboxylic acids is 1. The fourth-order valence-electron chi connectivity index (χ4n) is 3.95. The molecule has 0 aliphatic carbocycles. The predicted octanol–water partition coefficient (Wildman–Crippen LogP) is 5.76. The first-order chi connectivity index (χ1) is 15.4. The third-order valence-corrected chi connectivity index (χ3v) is 5.53. The minimum absolute atomic E-state index is 0.0236. The van der Waals surface area contributed by atoms with Gasteiger partial charge in [0.05, 0.1) is 23.9 Å². The highest BCUT2D eigenvalue weighted by atomic mass is 19.1. The number of esters is 1. The molecule has 3 aromatic rings. The second kappa shape index (κ2) is 9.45. The molecule has 164 valence electrons. The van der Waals surface area contributed by atoms with Crippen LogP contribution < -0.4 is 0 Å². The zero-order valence-corrected chi connectivity index (χ0v) is 18.2. The van der Waals surface area contributed by atoms with E-state index in [0.29, 0.717) is 6.42 Å². The molecule has 0 spiro atoms. The molecule has 32 heavy (non-hydrogen) atoms. The van der Waals surface area contributed by atoms with Crippen molar-refractivity contribution in [2.75, 3.05) is 0 Å². The summed E-state index contributed by atoms with van der Waals surface area (Å²) in [7, 11) is 0. The molecule has 1 aromatic heterocycles. The monoisotopic (exact) mass is 431 g/mol. The van der Waals surface area contributed by atoms with E-state index in [1.165, 1.54) is 12.1 Å². The van der Waals surface area contributed by atoms with Gasteiger partial charge >= 0.3 is 5.97 Å². The second-order valence-corrected chi connectivity index (χ2v) is 8.36. The first kappa shape index (κ1) is 21.9. The summed E-state index contributed by atoms with van der Waals surface area (Å²) < 4.78 is 19.0. The van der Waals surface area contributed by atoms with Crippen LogP contribution >= 0.6 is 0 Å². The third kappa shape index (κ3) is 4.94. The van der Waals surface area contributed by atoms with Crippen LogP contribution in [0, 0.1) is 5.82 Å². The van der Waals surface area contributed by atoms with Gasteiger partial charge < -0.3 is 9.84 Å². The van der Waals surface area contributed by atoms with E-state index in [4.69, 9.17) is 9.72 Å². The molecule has 0 bridgehead atoms. The van der Waals surface area contributed by atoms with Gasteiger partial charge in [0.2, 0.25) is 0 Å². The lowest BCUT2D eigenvalue weighted by Gasteiger charge is -2.24. The Morgan fingerprint density at radius 3 is 2.47 bits per heavy atom. The summed E-state index contributed by atoms with van der Waals surface area (Å²) in [5.74, 6) is -0.578. The van der Waals surface area contributed by atoms with Gasteiger partial charge in [0, 0.05) is 17.5 Å². The summed E-state index contributed by atoms with van der Waals surface area (Å²) in [4.78, 5) is 16.7. The van der Waals surface area contributed by atoms with Gasteiger partial charge in [0.25, 0.3) is 0 Å². The van der Waals surface area contributed by atoms with Crippen molar-refractivity contribution in [1.82, 2.24) is 4.98 Å². The van der Waals surface area contributed by atoms with Crippen molar-refractivity contribution in [3.63, 3.8) is 0 Å². The summed E-state index contributed by atoms with van der Waals surface area (Å²) in [6.45, 7) is 4.15. The van der Waals surface area contributed by atoms with Crippen molar-refractivity contribution in [3.05, 3.63) is 83.8 Å². The Kier molecular flexibility index (Phi) is 6.47. The maximum absolute atomic E-state index is 13.6. The fourth-order valence-corrected chi connectivity index (χ4v) is 3.95. The number of hydrogen-bond acceptors (Lipinski definition) is 4. The molecule has 1 N–H and O–H groups in total. The van der Waals surface area contributed by atoms with E-state index in [-0.39, 0.29) is 18.2 Å². The molecule has 2 heterocycles. The van der Waals surface area contributed by atoms with E-state index in [1.807, 2.05) is 42.5 Å². The van der Waals surface area contributed by atoms with Crippen LogP contribution in [0.4, 0.5) is 4.39 Å². The molecule has 0 unspecified atom stereocenters. The number of halogens is 1. The average molecular weight is 432 g/mol. The number of benzene rings is 2. The minimum Gasteiger partial charge on any atom is -0.458 e. The number of nitrogens with zero attached hydrogens (tertiary/aromatic N) is 1. The minimum atomic E-state index is -0.703. The molecular weight excluding hydrogens is 405 g/mol. The third-order valence-electron chi connectivity index (χ3n) is 5.53. The number of hydrogen-bond donors (Lipinski definition) is 1. The highest BCUT2D eigenvalue weighted by Crippen LogP contribution is 2.34. The number of rotatable bonds is 5. The number of ether oxygens (including phenoxy) is 1. The maximum atomic E-state index is 13.6. The molecule has 1 aliphatic heterocycles. The molecule has 4 rings (SSSR count). The van der Waals surface area contributed by atoms with Crippen LogP contribution in [0.5, 0.6) is 0 Å². The van der Waals surface area contributed by atoms with Gasteiger partial charge in [0.15, 0.2) is 0 Å². The van der Waals surface area contributed by atoms with Crippen LogP contribution in [-0.4, -0.2) is 28.3 Å². The normalized spacial score (nSPS) is 18.8. The topological polar surface area (TPSA) is 59.4 Å². The molecule has 2 aromatic carbocycles. The Labute approximate surface area is 187 Å². The van der Waals surface area contributed by atoms with Crippen molar-refractivity contribution < 1.29 is 19.0 Å². The van der Waals surface area contributed by atoms with Crippen molar-refractivity contribution in [3.8, 4) is 22.4 Å². The first-order valence-corrected chi connectivity index (χ1v) is 10.8. The number of aliphatic hydroxyl groups excluding tert-OH is 1. The van der Waals surface area contributed by atoms with Gasteiger partial charge in [-0.25, -0.2) is 4.39 Å².